The third kappa shape index (κ3) is 1.55. The zero-order chi connectivity index (χ0) is 10.3. The molecule has 0 spiro atoms. The van der Waals surface area contributed by atoms with E-state index < -0.39 is 0 Å². The van der Waals surface area contributed by atoms with Crippen LogP contribution in [0.5, 0.6) is 0 Å². The van der Waals surface area contributed by atoms with E-state index in [1.54, 1.807) is 19.1 Å². The van der Waals surface area contributed by atoms with E-state index in [1.165, 1.54) is 6.07 Å². The summed E-state index contributed by atoms with van der Waals surface area (Å²) in [4.78, 5) is 11.0. The van der Waals surface area contributed by atoms with Crippen LogP contribution in [0.1, 0.15) is 24.8 Å². The van der Waals surface area contributed by atoms with Gasteiger partial charge in [0.15, 0.2) is 0 Å². The quantitative estimate of drug-likeness (QED) is 0.736. The lowest BCUT2D eigenvalue weighted by Crippen LogP contribution is -1.97. The number of rotatable bonds is 2. The summed E-state index contributed by atoms with van der Waals surface area (Å²) in [6.45, 7) is 1.54. The first-order chi connectivity index (χ1) is 6.61. The fourth-order valence-corrected chi connectivity index (χ4v) is 2.13. The number of hydrogen-bond acceptors (Lipinski definition) is 1. The van der Waals surface area contributed by atoms with Gasteiger partial charge in [0.25, 0.3) is 0 Å². The summed E-state index contributed by atoms with van der Waals surface area (Å²) in [5.74, 6) is -0.203. The van der Waals surface area contributed by atoms with Gasteiger partial charge >= 0.3 is 0 Å². The molecule has 0 amide bonds. The summed E-state index contributed by atoms with van der Waals surface area (Å²) in [6.07, 6.45) is 0.732. The Morgan fingerprint density at radius 1 is 1.57 bits per heavy atom. The third-order valence-electron chi connectivity index (χ3n) is 2.68. The Bertz CT molecular complexity index is 369. The number of benzene rings is 1. The predicted molar refractivity (Wildman–Crippen MR) is 52.9 cm³/mol. The maximum Gasteiger partial charge on any atom is 0.133 e. The Balaban J connectivity index is 2.31. The topological polar surface area (TPSA) is 17.1 Å². The molecule has 14 heavy (non-hydrogen) atoms. The number of ketones is 1. The first-order valence-electron chi connectivity index (χ1n) is 4.55. The lowest BCUT2D eigenvalue weighted by molar-refractivity contribution is -0.118. The Hall–Kier alpha value is -0.890. The summed E-state index contributed by atoms with van der Waals surface area (Å²) < 4.78 is 13.4. The van der Waals surface area contributed by atoms with Gasteiger partial charge in [0.1, 0.15) is 11.6 Å². The standard InChI is InChI=1S/C11H10ClFO/c1-6(14)7-5-8(7)11-9(12)3-2-4-10(11)13/h2-4,7-8H,5H2,1H3/t7-,8-/m0/s1. The van der Waals surface area contributed by atoms with Crippen LogP contribution in [0.25, 0.3) is 0 Å². The van der Waals surface area contributed by atoms with Crippen molar-refractivity contribution in [2.24, 2.45) is 5.92 Å². The van der Waals surface area contributed by atoms with Gasteiger partial charge in [-0.05, 0) is 31.4 Å². The van der Waals surface area contributed by atoms with Gasteiger partial charge in [-0.2, -0.15) is 0 Å². The molecule has 0 saturated heterocycles. The number of halogens is 2. The molecule has 74 valence electrons. The van der Waals surface area contributed by atoms with Crippen LogP contribution in [0.3, 0.4) is 0 Å². The van der Waals surface area contributed by atoms with E-state index in [9.17, 15) is 9.18 Å². The number of carbonyl (C=O) groups is 1. The molecule has 2 rings (SSSR count). The van der Waals surface area contributed by atoms with Gasteiger partial charge < -0.3 is 0 Å². The molecule has 0 N–H and O–H groups in total. The maximum atomic E-state index is 13.4. The molecule has 1 aromatic carbocycles. The van der Waals surface area contributed by atoms with E-state index in [-0.39, 0.29) is 23.4 Å². The third-order valence-corrected chi connectivity index (χ3v) is 3.01. The van der Waals surface area contributed by atoms with Crippen molar-refractivity contribution < 1.29 is 9.18 Å². The van der Waals surface area contributed by atoms with Gasteiger partial charge in [-0.3, -0.25) is 4.79 Å². The van der Waals surface area contributed by atoms with Crippen molar-refractivity contribution in [1.29, 1.82) is 0 Å². The van der Waals surface area contributed by atoms with E-state index in [4.69, 9.17) is 11.6 Å². The monoisotopic (exact) mass is 212 g/mol. The van der Waals surface area contributed by atoms with Crippen molar-refractivity contribution in [2.45, 2.75) is 19.3 Å². The molecule has 1 fully saturated rings. The molecule has 0 heterocycles. The van der Waals surface area contributed by atoms with E-state index in [1.807, 2.05) is 0 Å². The molecule has 1 saturated carbocycles. The first-order valence-corrected chi connectivity index (χ1v) is 4.93. The van der Waals surface area contributed by atoms with Crippen molar-refractivity contribution >= 4 is 17.4 Å². The van der Waals surface area contributed by atoms with Gasteiger partial charge in [0, 0.05) is 16.5 Å². The minimum Gasteiger partial charge on any atom is -0.300 e. The van der Waals surface area contributed by atoms with Crippen LogP contribution in [-0.2, 0) is 4.79 Å². The fourth-order valence-electron chi connectivity index (χ4n) is 1.83. The number of carbonyl (C=O) groups excluding carboxylic acids is 1. The molecule has 2 atom stereocenters. The molecule has 1 aromatic rings. The Morgan fingerprint density at radius 3 is 2.79 bits per heavy atom. The Morgan fingerprint density at radius 2 is 2.29 bits per heavy atom. The lowest BCUT2D eigenvalue weighted by Gasteiger charge is -2.03. The maximum absolute atomic E-state index is 13.4. The first kappa shape index (κ1) is 9.66. The van der Waals surface area contributed by atoms with Crippen molar-refractivity contribution in [3.8, 4) is 0 Å². The van der Waals surface area contributed by atoms with Crippen LogP contribution in [0.4, 0.5) is 4.39 Å². The summed E-state index contributed by atoms with van der Waals surface area (Å²) in [5, 5.41) is 0.429. The average Bonchev–Trinajstić information content (AvgIpc) is 2.83. The molecule has 0 aliphatic heterocycles. The second-order valence-corrected chi connectivity index (χ2v) is 4.10. The summed E-state index contributed by atoms with van der Waals surface area (Å²) in [7, 11) is 0. The molecular weight excluding hydrogens is 203 g/mol. The Labute approximate surface area is 86.9 Å². The van der Waals surface area contributed by atoms with Crippen molar-refractivity contribution in [2.75, 3.05) is 0 Å². The highest BCUT2D eigenvalue weighted by molar-refractivity contribution is 6.31. The average molecular weight is 213 g/mol. The molecule has 0 bridgehead atoms. The second-order valence-electron chi connectivity index (χ2n) is 3.69. The van der Waals surface area contributed by atoms with E-state index in [0.29, 0.717) is 10.6 Å². The summed E-state index contributed by atoms with van der Waals surface area (Å²) >= 11 is 5.88. The van der Waals surface area contributed by atoms with Gasteiger partial charge in [-0.25, -0.2) is 4.39 Å². The molecule has 1 aliphatic carbocycles. The number of hydrogen-bond donors (Lipinski definition) is 0. The lowest BCUT2D eigenvalue weighted by atomic mass is 10.1. The fraction of sp³-hybridized carbons (Fsp3) is 0.364. The molecule has 1 nitrogen and oxygen atoms in total. The zero-order valence-electron chi connectivity index (χ0n) is 7.76. The molecule has 0 radical (unpaired) electrons. The normalized spacial score (nSPS) is 24.8. The SMILES string of the molecule is CC(=O)[C@@H]1C[C@@H]1c1c(F)cccc1Cl. The number of Topliss-reactive ketones (excluding diaryl/α,β-unsaturated/α-hetero) is 1. The van der Waals surface area contributed by atoms with Crippen molar-refractivity contribution in [1.82, 2.24) is 0 Å². The summed E-state index contributed by atoms with van der Waals surface area (Å²) in [5.41, 5.74) is 0.509. The van der Waals surface area contributed by atoms with E-state index in [2.05, 4.69) is 0 Å². The van der Waals surface area contributed by atoms with Crippen molar-refractivity contribution in [3.63, 3.8) is 0 Å². The van der Waals surface area contributed by atoms with Crippen molar-refractivity contribution in [3.05, 3.63) is 34.6 Å². The zero-order valence-corrected chi connectivity index (χ0v) is 8.51. The molecule has 1 aliphatic rings. The Kier molecular flexibility index (Phi) is 2.31. The molecule has 0 unspecified atom stereocenters. The van der Waals surface area contributed by atoms with Crippen LogP contribution in [0, 0.1) is 11.7 Å². The van der Waals surface area contributed by atoms with Crippen LogP contribution < -0.4 is 0 Å². The van der Waals surface area contributed by atoms with Crippen LogP contribution in [-0.4, -0.2) is 5.78 Å². The highest BCUT2D eigenvalue weighted by Gasteiger charge is 2.44. The minimum atomic E-state index is -0.300. The highest BCUT2D eigenvalue weighted by atomic mass is 35.5. The van der Waals surface area contributed by atoms with Gasteiger partial charge in [-0.15, -0.1) is 0 Å². The highest BCUT2D eigenvalue weighted by Crippen LogP contribution is 2.50. The van der Waals surface area contributed by atoms with Gasteiger partial charge in [0.05, 0.1) is 0 Å². The van der Waals surface area contributed by atoms with Gasteiger partial charge in [-0.1, -0.05) is 17.7 Å². The van der Waals surface area contributed by atoms with Crippen LogP contribution in [0.2, 0.25) is 5.02 Å². The smallest absolute Gasteiger partial charge is 0.133 e. The van der Waals surface area contributed by atoms with E-state index >= 15 is 0 Å². The molecule has 0 aromatic heterocycles. The minimum absolute atomic E-state index is 0.00111. The molecular formula is C11H10ClFO. The van der Waals surface area contributed by atoms with Gasteiger partial charge in [0.2, 0.25) is 0 Å². The molecule has 3 heteroatoms. The second kappa shape index (κ2) is 3.35. The predicted octanol–water partition coefficient (Wildman–Crippen LogP) is 3.17. The van der Waals surface area contributed by atoms with Crippen LogP contribution >= 0.6 is 11.6 Å². The largest absolute Gasteiger partial charge is 0.300 e. The van der Waals surface area contributed by atoms with E-state index in [0.717, 1.165) is 6.42 Å². The summed E-state index contributed by atoms with van der Waals surface area (Å²) in [6, 6.07) is 4.62. The van der Waals surface area contributed by atoms with Crippen LogP contribution in [0.15, 0.2) is 18.2 Å².